The first kappa shape index (κ1) is 26.3. The van der Waals surface area contributed by atoms with E-state index in [-0.39, 0.29) is 11.8 Å². The molecule has 0 fully saturated rings. The van der Waals surface area contributed by atoms with Crippen LogP contribution in [0.1, 0.15) is 34.6 Å². The minimum Gasteiger partial charge on any atom is -0.457 e. The third-order valence-electron chi connectivity index (χ3n) is 6.93. The second-order valence-electron chi connectivity index (χ2n) is 9.80. The van der Waals surface area contributed by atoms with Crippen LogP contribution in [0.4, 0.5) is 0 Å². The number of aromatic nitrogens is 1. The standard InChI is InChI=1S/C34H34N2O3/c1-25-15-17-26(18-16-25)23-36-24-32(30-13-6-7-14-33(30)36)31(22-34(37)35-19-20-38-2)27-9-8-12-29(21-27)39-28-10-4-3-5-11-28/h3-18,21,24,31H,19-20,22-23H2,1-2H3,(H,35,37). The number of nitrogens with one attached hydrogen (secondary N) is 1. The van der Waals surface area contributed by atoms with Gasteiger partial charge < -0.3 is 19.4 Å². The van der Waals surface area contributed by atoms with Crippen molar-refractivity contribution in [3.8, 4) is 11.5 Å². The SMILES string of the molecule is COCCNC(=O)CC(c1cccc(Oc2ccccc2)c1)c1cn(Cc2ccc(C)cc2)c2ccccc12. The predicted octanol–water partition coefficient (Wildman–Crippen LogP) is 7.07. The summed E-state index contributed by atoms with van der Waals surface area (Å²) in [6, 6.07) is 34.9. The van der Waals surface area contributed by atoms with Gasteiger partial charge in [0, 0.05) is 49.6 Å². The second-order valence-corrected chi connectivity index (χ2v) is 9.80. The van der Waals surface area contributed by atoms with Crippen LogP contribution in [-0.2, 0) is 16.1 Å². The van der Waals surface area contributed by atoms with Crippen molar-refractivity contribution in [2.75, 3.05) is 20.3 Å². The highest BCUT2D eigenvalue weighted by Crippen LogP contribution is 2.37. The Kier molecular flexibility index (Phi) is 8.39. The van der Waals surface area contributed by atoms with Gasteiger partial charge in [0.15, 0.2) is 0 Å². The summed E-state index contributed by atoms with van der Waals surface area (Å²) >= 11 is 0. The summed E-state index contributed by atoms with van der Waals surface area (Å²) in [5, 5.41) is 4.15. The lowest BCUT2D eigenvalue weighted by molar-refractivity contribution is -0.121. The number of carbonyl (C=O) groups excluding carboxylic acids is 1. The number of hydrogen-bond acceptors (Lipinski definition) is 3. The maximum absolute atomic E-state index is 13.1. The molecule has 5 aromatic rings. The highest BCUT2D eigenvalue weighted by Gasteiger charge is 2.23. The van der Waals surface area contributed by atoms with Crippen LogP contribution in [0.25, 0.3) is 10.9 Å². The van der Waals surface area contributed by atoms with Crippen molar-refractivity contribution in [1.29, 1.82) is 0 Å². The van der Waals surface area contributed by atoms with E-state index in [1.165, 1.54) is 11.1 Å². The first-order valence-corrected chi connectivity index (χ1v) is 13.3. The highest BCUT2D eigenvalue weighted by atomic mass is 16.5. The molecule has 0 aliphatic carbocycles. The van der Waals surface area contributed by atoms with Crippen molar-refractivity contribution in [2.45, 2.75) is 25.8 Å². The second kappa shape index (κ2) is 12.5. The fourth-order valence-corrected chi connectivity index (χ4v) is 4.95. The molecule has 0 radical (unpaired) electrons. The van der Waals surface area contributed by atoms with E-state index < -0.39 is 0 Å². The van der Waals surface area contributed by atoms with E-state index in [9.17, 15) is 4.79 Å². The molecule has 0 aliphatic rings. The van der Waals surface area contributed by atoms with Crippen LogP contribution in [0.15, 0.2) is 109 Å². The average molecular weight is 519 g/mol. The summed E-state index contributed by atoms with van der Waals surface area (Å²) in [5.74, 6) is 1.35. The fraction of sp³-hybridized carbons (Fsp3) is 0.206. The fourth-order valence-electron chi connectivity index (χ4n) is 4.95. The number of carbonyl (C=O) groups is 1. The maximum atomic E-state index is 13.1. The zero-order valence-electron chi connectivity index (χ0n) is 22.5. The third-order valence-corrected chi connectivity index (χ3v) is 6.93. The predicted molar refractivity (Wildman–Crippen MR) is 157 cm³/mol. The maximum Gasteiger partial charge on any atom is 0.221 e. The summed E-state index contributed by atoms with van der Waals surface area (Å²) in [6.45, 7) is 3.82. The van der Waals surface area contributed by atoms with Crippen molar-refractivity contribution in [3.63, 3.8) is 0 Å². The number of amides is 1. The molecular weight excluding hydrogens is 484 g/mol. The van der Waals surface area contributed by atoms with Crippen LogP contribution in [0, 0.1) is 6.92 Å². The molecule has 0 spiro atoms. The summed E-state index contributed by atoms with van der Waals surface area (Å²) < 4.78 is 13.6. The Bertz CT molecular complexity index is 1520. The van der Waals surface area contributed by atoms with E-state index in [2.05, 4.69) is 77.6 Å². The molecule has 0 saturated carbocycles. The van der Waals surface area contributed by atoms with E-state index in [1.807, 2.05) is 48.5 Å². The summed E-state index contributed by atoms with van der Waals surface area (Å²) in [6.07, 6.45) is 2.53. The van der Waals surface area contributed by atoms with Crippen LogP contribution in [0.5, 0.6) is 11.5 Å². The van der Waals surface area contributed by atoms with E-state index >= 15 is 0 Å². The molecule has 0 aliphatic heterocycles. The molecule has 1 atom stereocenters. The molecule has 198 valence electrons. The average Bonchev–Trinajstić information content (AvgIpc) is 3.32. The number of aryl methyl sites for hydroxylation is 1. The molecule has 5 nitrogen and oxygen atoms in total. The number of fused-ring (bicyclic) bond motifs is 1. The van der Waals surface area contributed by atoms with Crippen LogP contribution in [-0.4, -0.2) is 30.7 Å². The quantitative estimate of drug-likeness (QED) is 0.190. The van der Waals surface area contributed by atoms with Gasteiger partial charge in [-0.3, -0.25) is 4.79 Å². The van der Waals surface area contributed by atoms with Gasteiger partial charge in [0.05, 0.1) is 6.61 Å². The summed E-state index contributed by atoms with van der Waals surface area (Å²) in [4.78, 5) is 13.1. The van der Waals surface area contributed by atoms with Crippen LogP contribution < -0.4 is 10.1 Å². The van der Waals surface area contributed by atoms with Crippen molar-refractivity contribution in [1.82, 2.24) is 9.88 Å². The number of para-hydroxylation sites is 2. The lowest BCUT2D eigenvalue weighted by Gasteiger charge is -2.18. The molecule has 5 heteroatoms. The number of benzene rings is 4. The minimum absolute atomic E-state index is 0.0122. The van der Waals surface area contributed by atoms with Crippen LogP contribution in [0.2, 0.25) is 0 Å². The molecule has 5 rings (SSSR count). The Morgan fingerprint density at radius 3 is 2.41 bits per heavy atom. The van der Waals surface area contributed by atoms with E-state index in [1.54, 1.807) is 7.11 Å². The van der Waals surface area contributed by atoms with Crippen molar-refractivity contribution in [3.05, 3.63) is 132 Å². The monoisotopic (exact) mass is 518 g/mol. The number of nitrogens with zero attached hydrogens (tertiary/aromatic N) is 1. The molecule has 1 amide bonds. The molecule has 1 unspecified atom stereocenters. The highest BCUT2D eigenvalue weighted by molar-refractivity contribution is 5.87. The van der Waals surface area contributed by atoms with Crippen molar-refractivity contribution < 1.29 is 14.3 Å². The topological polar surface area (TPSA) is 52.5 Å². The third kappa shape index (κ3) is 6.57. The smallest absolute Gasteiger partial charge is 0.221 e. The number of ether oxygens (including phenoxy) is 2. The van der Waals surface area contributed by atoms with Gasteiger partial charge in [-0.1, -0.05) is 78.4 Å². The normalized spacial score (nSPS) is 11.8. The Morgan fingerprint density at radius 1 is 0.872 bits per heavy atom. The van der Waals surface area contributed by atoms with Crippen LogP contribution in [0.3, 0.4) is 0 Å². The van der Waals surface area contributed by atoms with Crippen molar-refractivity contribution in [2.24, 2.45) is 0 Å². The van der Waals surface area contributed by atoms with Gasteiger partial charge in [-0.05, 0) is 53.9 Å². The van der Waals surface area contributed by atoms with Crippen LogP contribution >= 0.6 is 0 Å². The van der Waals surface area contributed by atoms with Gasteiger partial charge in [-0.2, -0.15) is 0 Å². The first-order valence-electron chi connectivity index (χ1n) is 13.3. The first-order chi connectivity index (χ1) is 19.1. The summed E-state index contributed by atoms with van der Waals surface area (Å²) in [7, 11) is 1.64. The zero-order valence-corrected chi connectivity index (χ0v) is 22.5. The molecule has 1 aromatic heterocycles. The Hall–Kier alpha value is -4.35. The summed E-state index contributed by atoms with van der Waals surface area (Å²) in [5.41, 5.74) is 5.78. The number of rotatable bonds is 11. The molecule has 39 heavy (non-hydrogen) atoms. The van der Waals surface area contributed by atoms with Gasteiger partial charge in [0.1, 0.15) is 11.5 Å². The molecule has 4 aromatic carbocycles. The Balaban J connectivity index is 1.53. The zero-order chi connectivity index (χ0) is 27.0. The van der Waals surface area contributed by atoms with Gasteiger partial charge in [-0.15, -0.1) is 0 Å². The van der Waals surface area contributed by atoms with Crippen molar-refractivity contribution >= 4 is 16.8 Å². The molecule has 1 heterocycles. The Morgan fingerprint density at radius 2 is 1.62 bits per heavy atom. The minimum atomic E-state index is -0.156. The Labute approximate surface area is 230 Å². The van der Waals surface area contributed by atoms with E-state index in [4.69, 9.17) is 9.47 Å². The molecule has 0 saturated heterocycles. The molecule has 1 N–H and O–H groups in total. The molecular formula is C34H34N2O3. The van der Waals surface area contributed by atoms with Gasteiger partial charge >= 0.3 is 0 Å². The number of hydrogen-bond donors (Lipinski definition) is 1. The molecule has 0 bridgehead atoms. The lowest BCUT2D eigenvalue weighted by atomic mass is 9.88. The largest absolute Gasteiger partial charge is 0.457 e. The van der Waals surface area contributed by atoms with Gasteiger partial charge in [0.25, 0.3) is 0 Å². The van der Waals surface area contributed by atoms with E-state index in [0.717, 1.165) is 40.1 Å². The number of methoxy groups -OCH3 is 1. The van der Waals surface area contributed by atoms with Gasteiger partial charge in [-0.25, -0.2) is 0 Å². The lowest BCUT2D eigenvalue weighted by Crippen LogP contribution is -2.28. The van der Waals surface area contributed by atoms with E-state index in [0.29, 0.717) is 19.6 Å². The van der Waals surface area contributed by atoms with Gasteiger partial charge in [0.2, 0.25) is 5.91 Å².